The lowest BCUT2D eigenvalue weighted by Crippen LogP contribution is -2.57. The summed E-state index contributed by atoms with van der Waals surface area (Å²) in [5, 5.41) is 13.8. The Kier molecular flexibility index (Phi) is 5.87. The molecule has 0 aliphatic carbocycles. The van der Waals surface area contributed by atoms with Gasteiger partial charge in [0.25, 0.3) is 5.91 Å². The van der Waals surface area contributed by atoms with Crippen LogP contribution in [0.15, 0.2) is 42.5 Å². The third kappa shape index (κ3) is 4.70. The molecule has 0 unspecified atom stereocenters. The first-order chi connectivity index (χ1) is 12.9. The Morgan fingerprint density at radius 1 is 1.15 bits per heavy atom. The van der Waals surface area contributed by atoms with Crippen molar-refractivity contribution in [1.29, 1.82) is 0 Å². The summed E-state index contributed by atoms with van der Waals surface area (Å²) in [5.74, 6) is -2.11. The van der Waals surface area contributed by atoms with Gasteiger partial charge in [0.2, 0.25) is 0 Å². The summed E-state index contributed by atoms with van der Waals surface area (Å²) in [5.41, 5.74) is 1.22. The number of carbonyl (C=O) groups is 1. The smallest absolute Gasteiger partial charge is 0.256 e. The maximum Gasteiger partial charge on any atom is 0.256 e. The molecule has 1 atom stereocenters. The highest BCUT2D eigenvalue weighted by atomic mass is 19.2. The molecular formula is C21H24F2N2O2. The van der Waals surface area contributed by atoms with Crippen LogP contribution in [-0.2, 0) is 17.9 Å². The van der Waals surface area contributed by atoms with Crippen molar-refractivity contribution in [2.75, 3.05) is 13.1 Å². The van der Waals surface area contributed by atoms with Crippen molar-refractivity contribution in [2.45, 2.75) is 38.5 Å². The standard InChI is InChI=1S/C21H24F2N2O2/c1-15-4-2-5-17(10-15)13-25-9-3-8-21(27,20(25)26)14-24-12-16-6-7-18(22)19(23)11-16/h2,4-7,10-11,24,27H,3,8-9,12-14H2,1H3/t21-/m0/s1. The molecule has 0 spiro atoms. The normalized spacial score (nSPS) is 20.1. The van der Waals surface area contributed by atoms with E-state index < -0.39 is 17.2 Å². The predicted molar refractivity (Wildman–Crippen MR) is 98.8 cm³/mol. The molecule has 0 saturated carbocycles. The Balaban J connectivity index is 1.60. The van der Waals surface area contributed by atoms with Gasteiger partial charge in [-0.3, -0.25) is 4.79 Å². The van der Waals surface area contributed by atoms with Crippen LogP contribution in [0.2, 0.25) is 0 Å². The fraction of sp³-hybridized carbons (Fsp3) is 0.381. The summed E-state index contributed by atoms with van der Waals surface area (Å²) in [6.07, 6.45) is 1.09. The third-order valence-electron chi connectivity index (χ3n) is 4.89. The van der Waals surface area contributed by atoms with Crippen LogP contribution in [0.5, 0.6) is 0 Å². The van der Waals surface area contributed by atoms with Gasteiger partial charge in [0.05, 0.1) is 0 Å². The van der Waals surface area contributed by atoms with Crippen molar-refractivity contribution in [3.63, 3.8) is 0 Å². The van der Waals surface area contributed by atoms with E-state index >= 15 is 0 Å². The number of nitrogens with zero attached hydrogens (tertiary/aromatic N) is 1. The average Bonchev–Trinajstić information content (AvgIpc) is 2.62. The second kappa shape index (κ2) is 8.15. The molecule has 144 valence electrons. The van der Waals surface area contributed by atoms with E-state index in [4.69, 9.17) is 0 Å². The molecule has 3 rings (SSSR count). The third-order valence-corrected chi connectivity index (χ3v) is 4.89. The average molecular weight is 374 g/mol. The second-order valence-electron chi connectivity index (χ2n) is 7.20. The minimum Gasteiger partial charge on any atom is -0.379 e. The lowest BCUT2D eigenvalue weighted by molar-refractivity contribution is -0.157. The van der Waals surface area contributed by atoms with Gasteiger partial charge in [0.15, 0.2) is 17.2 Å². The number of likely N-dealkylation sites (tertiary alicyclic amines) is 1. The summed E-state index contributed by atoms with van der Waals surface area (Å²) < 4.78 is 26.3. The van der Waals surface area contributed by atoms with Gasteiger partial charge < -0.3 is 15.3 Å². The van der Waals surface area contributed by atoms with E-state index in [1.54, 1.807) is 4.90 Å². The molecule has 1 heterocycles. The van der Waals surface area contributed by atoms with Crippen molar-refractivity contribution < 1.29 is 18.7 Å². The number of piperidine rings is 1. The predicted octanol–water partition coefficient (Wildman–Crippen LogP) is 2.92. The molecule has 0 radical (unpaired) electrons. The highest BCUT2D eigenvalue weighted by molar-refractivity contribution is 5.86. The number of rotatable bonds is 6. The van der Waals surface area contributed by atoms with Crippen LogP contribution in [0, 0.1) is 18.6 Å². The largest absolute Gasteiger partial charge is 0.379 e. The van der Waals surface area contributed by atoms with Crippen LogP contribution in [0.4, 0.5) is 8.78 Å². The van der Waals surface area contributed by atoms with Gasteiger partial charge in [0, 0.05) is 26.2 Å². The minimum absolute atomic E-state index is 0.0646. The van der Waals surface area contributed by atoms with E-state index in [9.17, 15) is 18.7 Å². The monoisotopic (exact) mass is 374 g/mol. The number of halogens is 2. The maximum atomic E-state index is 13.3. The Labute approximate surface area is 157 Å². The van der Waals surface area contributed by atoms with E-state index in [1.807, 2.05) is 31.2 Å². The van der Waals surface area contributed by atoms with E-state index in [-0.39, 0.29) is 19.0 Å². The molecule has 6 heteroatoms. The van der Waals surface area contributed by atoms with Gasteiger partial charge in [-0.15, -0.1) is 0 Å². The number of nitrogens with one attached hydrogen (secondary N) is 1. The van der Waals surface area contributed by atoms with Crippen molar-refractivity contribution in [1.82, 2.24) is 10.2 Å². The van der Waals surface area contributed by atoms with Gasteiger partial charge in [-0.05, 0) is 43.0 Å². The Morgan fingerprint density at radius 3 is 2.70 bits per heavy atom. The molecule has 0 bridgehead atoms. The van der Waals surface area contributed by atoms with Gasteiger partial charge >= 0.3 is 0 Å². The van der Waals surface area contributed by atoms with Crippen molar-refractivity contribution in [3.05, 3.63) is 70.8 Å². The number of carbonyl (C=O) groups excluding carboxylic acids is 1. The van der Waals surface area contributed by atoms with Gasteiger partial charge in [-0.1, -0.05) is 35.9 Å². The topological polar surface area (TPSA) is 52.6 Å². The lowest BCUT2D eigenvalue weighted by atomic mass is 9.91. The SMILES string of the molecule is Cc1cccc(CN2CCC[C@](O)(CNCc3ccc(F)c(F)c3)C2=O)c1. The number of hydrogen-bond donors (Lipinski definition) is 2. The zero-order valence-electron chi connectivity index (χ0n) is 15.3. The van der Waals surface area contributed by atoms with Gasteiger partial charge in [-0.2, -0.15) is 0 Å². The number of aliphatic hydroxyl groups is 1. The van der Waals surface area contributed by atoms with E-state index in [0.717, 1.165) is 23.3 Å². The van der Waals surface area contributed by atoms with Crippen LogP contribution >= 0.6 is 0 Å². The van der Waals surface area contributed by atoms with Crippen LogP contribution < -0.4 is 5.32 Å². The van der Waals surface area contributed by atoms with Crippen LogP contribution in [-0.4, -0.2) is 34.6 Å². The first kappa shape index (κ1) is 19.5. The molecule has 1 saturated heterocycles. The molecule has 1 fully saturated rings. The van der Waals surface area contributed by atoms with E-state index in [0.29, 0.717) is 31.5 Å². The van der Waals surface area contributed by atoms with E-state index in [1.165, 1.54) is 6.07 Å². The molecule has 2 aromatic carbocycles. The Morgan fingerprint density at radius 2 is 1.96 bits per heavy atom. The number of aryl methyl sites for hydroxylation is 1. The number of benzene rings is 2. The highest BCUT2D eigenvalue weighted by Gasteiger charge is 2.41. The molecular weight excluding hydrogens is 350 g/mol. The quantitative estimate of drug-likeness (QED) is 0.818. The maximum absolute atomic E-state index is 13.3. The lowest BCUT2D eigenvalue weighted by Gasteiger charge is -2.38. The molecule has 4 nitrogen and oxygen atoms in total. The molecule has 1 aliphatic heterocycles. The molecule has 1 amide bonds. The Hall–Kier alpha value is -2.31. The highest BCUT2D eigenvalue weighted by Crippen LogP contribution is 2.24. The van der Waals surface area contributed by atoms with Crippen LogP contribution in [0.3, 0.4) is 0 Å². The van der Waals surface area contributed by atoms with Crippen molar-refractivity contribution in [2.24, 2.45) is 0 Å². The first-order valence-corrected chi connectivity index (χ1v) is 9.09. The zero-order valence-corrected chi connectivity index (χ0v) is 15.3. The number of amides is 1. The van der Waals surface area contributed by atoms with Crippen molar-refractivity contribution in [3.8, 4) is 0 Å². The van der Waals surface area contributed by atoms with E-state index in [2.05, 4.69) is 5.32 Å². The van der Waals surface area contributed by atoms with Gasteiger partial charge in [0.1, 0.15) is 0 Å². The van der Waals surface area contributed by atoms with Crippen LogP contribution in [0.25, 0.3) is 0 Å². The summed E-state index contributed by atoms with van der Waals surface area (Å²) in [6, 6.07) is 11.6. The van der Waals surface area contributed by atoms with Gasteiger partial charge in [-0.25, -0.2) is 8.78 Å². The van der Waals surface area contributed by atoms with Crippen molar-refractivity contribution >= 4 is 5.91 Å². The first-order valence-electron chi connectivity index (χ1n) is 9.09. The molecule has 1 aliphatic rings. The molecule has 2 N–H and O–H groups in total. The molecule has 27 heavy (non-hydrogen) atoms. The van der Waals surface area contributed by atoms with Crippen LogP contribution in [0.1, 0.15) is 29.5 Å². The summed E-state index contributed by atoms with van der Waals surface area (Å²) in [4.78, 5) is 14.5. The fourth-order valence-corrected chi connectivity index (χ4v) is 3.47. The molecule has 0 aromatic heterocycles. The fourth-order valence-electron chi connectivity index (χ4n) is 3.47. The summed E-state index contributed by atoms with van der Waals surface area (Å²) >= 11 is 0. The summed E-state index contributed by atoms with van der Waals surface area (Å²) in [6.45, 7) is 3.38. The number of hydrogen-bond acceptors (Lipinski definition) is 3. The summed E-state index contributed by atoms with van der Waals surface area (Å²) in [7, 11) is 0. The molecule has 2 aromatic rings. The zero-order chi connectivity index (χ0) is 19.4. The minimum atomic E-state index is -1.49. The Bertz CT molecular complexity index is 828. The second-order valence-corrected chi connectivity index (χ2v) is 7.20.